The number of carbonyl (C=O) groups is 2. The van der Waals surface area contributed by atoms with E-state index in [1.807, 2.05) is 58.5 Å². The van der Waals surface area contributed by atoms with E-state index in [-0.39, 0.29) is 11.8 Å². The fraction of sp³-hybridized carbons (Fsp3) is 0.429. The molecule has 1 aromatic carbocycles. The molecule has 0 saturated carbocycles. The molecule has 6 nitrogen and oxygen atoms in total. The fourth-order valence-electron chi connectivity index (χ4n) is 3.26. The van der Waals surface area contributed by atoms with Gasteiger partial charge in [-0.2, -0.15) is 0 Å². The van der Waals surface area contributed by atoms with Crippen molar-refractivity contribution in [2.45, 2.75) is 25.7 Å². The van der Waals surface area contributed by atoms with Gasteiger partial charge in [-0.15, -0.1) is 0 Å². The van der Waals surface area contributed by atoms with Crippen LogP contribution in [0.15, 0.2) is 48.7 Å². The van der Waals surface area contributed by atoms with E-state index >= 15 is 0 Å². The van der Waals surface area contributed by atoms with Gasteiger partial charge in [0, 0.05) is 44.5 Å². The van der Waals surface area contributed by atoms with Crippen molar-refractivity contribution in [3.05, 3.63) is 54.4 Å². The Morgan fingerprint density at radius 1 is 0.926 bits per heavy atom. The summed E-state index contributed by atoms with van der Waals surface area (Å²) in [6.07, 6.45) is 4.20. The number of aromatic nitrogens is 1. The molecule has 1 fully saturated rings. The molecule has 27 heavy (non-hydrogen) atoms. The third-order valence-electron chi connectivity index (χ3n) is 4.75. The first kappa shape index (κ1) is 19.0. The minimum Gasteiger partial charge on any atom is -0.494 e. The molecule has 6 heteroatoms. The maximum atomic E-state index is 12.5. The second-order valence-corrected chi connectivity index (χ2v) is 6.75. The Balaban J connectivity index is 1.38. The van der Waals surface area contributed by atoms with Gasteiger partial charge in [0.2, 0.25) is 11.8 Å². The van der Waals surface area contributed by atoms with E-state index in [1.165, 1.54) is 0 Å². The molecule has 1 saturated heterocycles. The highest BCUT2D eigenvalue weighted by atomic mass is 16.5. The molecule has 2 aromatic rings. The van der Waals surface area contributed by atoms with Crippen LogP contribution in [-0.2, 0) is 16.0 Å². The summed E-state index contributed by atoms with van der Waals surface area (Å²) in [6, 6.07) is 13.4. The molecule has 0 spiro atoms. The van der Waals surface area contributed by atoms with Crippen molar-refractivity contribution in [1.29, 1.82) is 0 Å². The van der Waals surface area contributed by atoms with Crippen LogP contribution in [0.5, 0.6) is 5.75 Å². The highest BCUT2D eigenvalue weighted by Crippen LogP contribution is 2.11. The van der Waals surface area contributed by atoms with Crippen LogP contribution in [-0.4, -0.2) is 59.4 Å². The second-order valence-electron chi connectivity index (χ2n) is 6.75. The highest BCUT2D eigenvalue weighted by Gasteiger charge is 2.22. The lowest BCUT2D eigenvalue weighted by Gasteiger charge is -2.22. The van der Waals surface area contributed by atoms with E-state index < -0.39 is 0 Å². The molecule has 0 unspecified atom stereocenters. The summed E-state index contributed by atoms with van der Waals surface area (Å²) < 4.78 is 5.64. The first-order chi connectivity index (χ1) is 13.2. The summed E-state index contributed by atoms with van der Waals surface area (Å²) >= 11 is 0. The van der Waals surface area contributed by atoms with Crippen LogP contribution in [0.4, 0.5) is 0 Å². The van der Waals surface area contributed by atoms with Gasteiger partial charge in [-0.1, -0.05) is 18.2 Å². The standard InChI is InChI=1S/C21H27N3O3/c25-20(10-5-16-27-19-8-2-1-3-9-19)23-12-6-13-24(15-14-23)21(26)17-18-7-4-11-22-18/h1-4,7-9,11,22H,5-6,10,12-17H2. The maximum Gasteiger partial charge on any atom is 0.228 e. The molecule has 1 N–H and O–H groups in total. The number of amides is 2. The SMILES string of the molecule is O=C(CCCOc1ccccc1)N1CCCN(C(=O)Cc2ccc[nH]2)CC1. The minimum absolute atomic E-state index is 0.114. The van der Waals surface area contributed by atoms with Gasteiger partial charge in [-0.05, 0) is 37.1 Å². The smallest absolute Gasteiger partial charge is 0.228 e. The summed E-state index contributed by atoms with van der Waals surface area (Å²) in [7, 11) is 0. The Morgan fingerprint density at radius 3 is 2.37 bits per heavy atom. The van der Waals surface area contributed by atoms with E-state index in [1.54, 1.807) is 0 Å². The first-order valence-electron chi connectivity index (χ1n) is 9.58. The van der Waals surface area contributed by atoms with E-state index in [4.69, 9.17) is 4.74 Å². The molecule has 1 aliphatic rings. The third-order valence-corrected chi connectivity index (χ3v) is 4.75. The number of nitrogens with zero attached hydrogens (tertiary/aromatic N) is 2. The number of rotatable bonds is 7. The van der Waals surface area contributed by atoms with Gasteiger partial charge in [-0.3, -0.25) is 9.59 Å². The highest BCUT2D eigenvalue weighted by molar-refractivity contribution is 5.79. The zero-order valence-corrected chi connectivity index (χ0v) is 15.6. The number of hydrogen-bond donors (Lipinski definition) is 1. The monoisotopic (exact) mass is 369 g/mol. The Kier molecular flexibility index (Phi) is 6.90. The van der Waals surface area contributed by atoms with Crippen LogP contribution in [0.25, 0.3) is 0 Å². The quantitative estimate of drug-likeness (QED) is 0.763. The molecule has 2 amide bonds. The number of para-hydroxylation sites is 1. The second kappa shape index (κ2) is 9.80. The Morgan fingerprint density at radius 2 is 1.67 bits per heavy atom. The normalized spacial score (nSPS) is 14.7. The van der Waals surface area contributed by atoms with Crippen molar-refractivity contribution in [2.24, 2.45) is 0 Å². The van der Waals surface area contributed by atoms with Crippen molar-refractivity contribution >= 4 is 11.8 Å². The largest absolute Gasteiger partial charge is 0.494 e. The Bertz CT molecular complexity index is 716. The summed E-state index contributed by atoms with van der Waals surface area (Å²) in [5.41, 5.74) is 0.926. The van der Waals surface area contributed by atoms with Crippen molar-refractivity contribution in [1.82, 2.24) is 14.8 Å². The van der Waals surface area contributed by atoms with Gasteiger partial charge in [0.1, 0.15) is 5.75 Å². The zero-order valence-electron chi connectivity index (χ0n) is 15.6. The van der Waals surface area contributed by atoms with Crippen LogP contribution in [0, 0.1) is 0 Å². The molecule has 0 aliphatic carbocycles. The average Bonchev–Trinajstić information content (AvgIpc) is 3.07. The Hall–Kier alpha value is -2.76. The first-order valence-corrected chi connectivity index (χ1v) is 9.58. The predicted octanol–water partition coefficient (Wildman–Crippen LogP) is 2.48. The van der Waals surface area contributed by atoms with Crippen molar-refractivity contribution < 1.29 is 14.3 Å². The van der Waals surface area contributed by atoms with Crippen molar-refractivity contribution in [3.8, 4) is 5.75 Å². The molecular weight excluding hydrogens is 342 g/mol. The van der Waals surface area contributed by atoms with Crippen LogP contribution in [0.2, 0.25) is 0 Å². The molecule has 144 valence electrons. The minimum atomic E-state index is 0.114. The Labute approximate surface area is 160 Å². The summed E-state index contributed by atoms with van der Waals surface area (Å²) in [5.74, 6) is 1.09. The predicted molar refractivity (Wildman–Crippen MR) is 103 cm³/mol. The van der Waals surface area contributed by atoms with Gasteiger partial charge in [0.25, 0.3) is 0 Å². The summed E-state index contributed by atoms with van der Waals surface area (Å²) in [6.45, 7) is 3.16. The lowest BCUT2D eigenvalue weighted by atomic mass is 10.2. The van der Waals surface area contributed by atoms with Crippen LogP contribution in [0.3, 0.4) is 0 Å². The molecule has 2 heterocycles. The number of aromatic amines is 1. The van der Waals surface area contributed by atoms with Crippen LogP contribution in [0.1, 0.15) is 25.0 Å². The van der Waals surface area contributed by atoms with Gasteiger partial charge >= 0.3 is 0 Å². The average molecular weight is 369 g/mol. The molecule has 0 bridgehead atoms. The number of benzene rings is 1. The third kappa shape index (κ3) is 5.88. The lowest BCUT2D eigenvalue weighted by molar-refractivity contribution is -0.133. The van der Waals surface area contributed by atoms with Gasteiger partial charge in [0.05, 0.1) is 13.0 Å². The molecule has 0 atom stereocenters. The molecule has 1 aromatic heterocycles. The zero-order chi connectivity index (χ0) is 18.9. The van der Waals surface area contributed by atoms with E-state index in [0.717, 1.165) is 17.9 Å². The van der Waals surface area contributed by atoms with Gasteiger partial charge in [-0.25, -0.2) is 0 Å². The molecular formula is C21H27N3O3. The van der Waals surface area contributed by atoms with E-state index in [9.17, 15) is 9.59 Å². The van der Waals surface area contributed by atoms with E-state index in [2.05, 4.69) is 4.98 Å². The summed E-state index contributed by atoms with van der Waals surface area (Å²) in [4.78, 5) is 31.7. The molecule has 1 aliphatic heterocycles. The number of nitrogens with one attached hydrogen (secondary N) is 1. The van der Waals surface area contributed by atoms with Gasteiger partial charge < -0.3 is 19.5 Å². The number of hydrogen-bond acceptors (Lipinski definition) is 3. The van der Waals surface area contributed by atoms with Gasteiger partial charge in [0.15, 0.2) is 0 Å². The number of ether oxygens (including phenoxy) is 1. The number of H-pyrrole nitrogens is 1. The van der Waals surface area contributed by atoms with Crippen LogP contribution < -0.4 is 4.74 Å². The van der Waals surface area contributed by atoms with E-state index in [0.29, 0.717) is 52.0 Å². The topological polar surface area (TPSA) is 65.6 Å². The van der Waals surface area contributed by atoms with Crippen molar-refractivity contribution in [3.63, 3.8) is 0 Å². The van der Waals surface area contributed by atoms with Crippen LogP contribution >= 0.6 is 0 Å². The fourth-order valence-corrected chi connectivity index (χ4v) is 3.26. The molecule has 0 radical (unpaired) electrons. The molecule has 3 rings (SSSR count). The number of carbonyl (C=O) groups excluding carboxylic acids is 2. The summed E-state index contributed by atoms with van der Waals surface area (Å²) in [5, 5.41) is 0. The lowest BCUT2D eigenvalue weighted by Crippen LogP contribution is -2.38. The maximum absolute atomic E-state index is 12.5. The van der Waals surface area contributed by atoms with Crippen molar-refractivity contribution in [2.75, 3.05) is 32.8 Å².